The smallest absolute Gasteiger partial charge is 0.407 e. The van der Waals surface area contributed by atoms with E-state index in [0.717, 1.165) is 0 Å². The molecule has 0 radical (unpaired) electrons. The molecule has 0 rings (SSSR count). The zero-order valence-electron chi connectivity index (χ0n) is 10.2. The molecule has 94 valence electrons. The SMILES string of the molecule is CCOC(=O)N[C@@H](CO)C(=O)NC(C)(C)C. The number of ether oxygens (including phenoxy) is 1. The van der Waals surface area contributed by atoms with Crippen molar-refractivity contribution in [3.8, 4) is 0 Å². The van der Waals surface area contributed by atoms with E-state index in [9.17, 15) is 9.59 Å². The van der Waals surface area contributed by atoms with Crippen molar-refractivity contribution in [3.63, 3.8) is 0 Å². The Hall–Kier alpha value is -1.30. The number of rotatable bonds is 4. The van der Waals surface area contributed by atoms with E-state index < -0.39 is 30.2 Å². The summed E-state index contributed by atoms with van der Waals surface area (Å²) in [7, 11) is 0. The van der Waals surface area contributed by atoms with Gasteiger partial charge in [0.05, 0.1) is 13.2 Å². The third kappa shape index (κ3) is 6.23. The van der Waals surface area contributed by atoms with Gasteiger partial charge in [-0.3, -0.25) is 4.79 Å². The van der Waals surface area contributed by atoms with Gasteiger partial charge in [0.2, 0.25) is 5.91 Å². The number of carbonyl (C=O) groups excluding carboxylic acids is 2. The van der Waals surface area contributed by atoms with Crippen LogP contribution in [0.25, 0.3) is 0 Å². The number of aliphatic hydroxyl groups is 1. The molecule has 0 aromatic carbocycles. The fourth-order valence-corrected chi connectivity index (χ4v) is 0.966. The van der Waals surface area contributed by atoms with E-state index >= 15 is 0 Å². The van der Waals surface area contributed by atoms with Crippen molar-refractivity contribution in [1.82, 2.24) is 10.6 Å². The first kappa shape index (κ1) is 14.7. The lowest BCUT2D eigenvalue weighted by atomic mass is 10.1. The molecule has 0 fully saturated rings. The average molecular weight is 232 g/mol. The highest BCUT2D eigenvalue weighted by Gasteiger charge is 2.24. The van der Waals surface area contributed by atoms with Gasteiger partial charge in [0.1, 0.15) is 6.04 Å². The van der Waals surface area contributed by atoms with Gasteiger partial charge in [0, 0.05) is 5.54 Å². The summed E-state index contributed by atoms with van der Waals surface area (Å²) in [6, 6.07) is -0.988. The van der Waals surface area contributed by atoms with Crippen LogP contribution >= 0.6 is 0 Å². The molecule has 16 heavy (non-hydrogen) atoms. The zero-order valence-corrected chi connectivity index (χ0v) is 10.2. The van der Waals surface area contributed by atoms with Crippen molar-refractivity contribution in [2.75, 3.05) is 13.2 Å². The molecular weight excluding hydrogens is 212 g/mol. The summed E-state index contributed by atoms with van der Waals surface area (Å²) >= 11 is 0. The normalized spacial score (nSPS) is 12.8. The lowest BCUT2D eigenvalue weighted by Gasteiger charge is -2.24. The quantitative estimate of drug-likeness (QED) is 0.637. The summed E-state index contributed by atoms with van der Waals surface area (Å²) in [5, 5.41) is 13.9. The molecule has 0 saturated carbocycles. The highest BCUT2D eigenvalue weighted by atomic mass is 16.5. The number of hydrogen-bond acceptors (Lipinski definition) is 4. The molecule has 6 heteroatoms. The average Bonchev–Trinajstić information content (AvgIpc) is 2.11. The van der Waals surface area contributed by atoms with E-state index in [1.165, 1.54) is 0 Å². The van der Waals surface area contributed by atoms with E-state index in [1.54, 1.807) is 6.92 Å². The Morgan fingerprint density at radius 2 is 1.94 bits per heavy atom. The van der Waals surface area contributed by atoms with Crippen LogP contribution in [0.2, 0.25) is 0 Å². The van der Waals surface area contributed by atoms with Crippen molar-refractivity contribution in [3.05, 3.63) is 0 Å². The van der Waals surface area contributed by atoms with Gasteiger partial charge in [0.25, 0.3) is 0 Å². The Kier molecular flexibility index (Phi) is 5.81. The van der Waals surface area contributed by atoms with Gasteiger partial charge in [-0.05, 0) is 27.7 Å². The number of carbonyl (C=O) groups is 2. The standard InChI is InChI=1S/C10H20N2O4/c1-5-16-9(15)11-7(6-13)8(14)12-10(2,3)4/h7,13H,5-6H2,1-4H3,(H,11,15)(H,12,14)/t7-/m0/s1. The van der Waals surface area contributed by atoms with Crippen molar-refractivity contribution in [2.45, 2.75) is 39.3 Å². The number of nitrogens with one attached hydrogen (secondary N) is 2. The van der Waals surface area contributed by atoms with Crippen LogP contribution < -0.4 is 10.6 Å². The molecule has 0 spiro atoms. The van der Waals surface area contributed by atoms with Crippen LogP contribution in [0.3, 0.4) is 0 Å². The van der Waals surface area contributed by atoms with Crippen LogP contribution in [0.1, 0.15) is 27.7 Å². The molecule has 6 nitrogen and oxygen atoms in total. The minimum absolute atomic E-state index is 0.213. The molecule has 1 atom stereocenters. The monoisotopic (exact) mass is 232 g/mol. The second-order valence-corrected chi connectivity index (χ2v) is 4.34. The van der Waals surface area contributed by atoms with Crippen molar-refractivity contribution in [1.29, 1.82) is 0 Å². The molecule has 0 aromatic heterocycles. The van der Waals surface area contributed by atoms with E-state index in [1.807, 2.05) is 20.8 Å². The van der Waals surface area contributed by atoms with Gasteiger partial charge >= 0.3 is 6.09 Å². The van der Waals surface area contributed by atoms with Gasteiger partial charge in [-0.1, -0.05) is 0 Å². The molecule has 0 aliphatic carbocycles. The fourth-order valence-electron chi connectivity index (χ4n) is 0.966. The second kappa shape index (κ2) is 6.32. The molecule has 0 aliphatic heterocycles. The molecule has 0 heterocycles. The van der Waals surface area contributed by atoms with E-state index in [4.69, 9.17) is 5.11 Å². The van der Waals surface area contributed by atoms with Gasteiger partial charge in [-0.25, -0.2) is 4.79 Å². The van der Waals surface area contributed by atoms with E-state index in [-0.39, 0.29) is 6.61 Å². The molecule has 0 saturated heterocycles. The number of hydrogen-bond donors (Lipinski definition) is 3. The summed E-state index contributed by atoms with van der Waals surface area (Å²) in [6.07, 6.45) is -0.717. The highest BCUT2D eigenvalue weighted by Crippen LogP contribution is 1.99. The lowest BCUT2D eigenvalue weighted by Crippen LogP contribution is -2.53. The Bertz CT molecular complexity index is 248. The third-order valence-corrected chi connectivity index (χ3v) is 1.56. The number of amides is 2. The third-order valence-electron chi connectivity index (χ3n) is 1.56. The van der Waals surface area contributed by atoms with Crippen molar-refractivity contribution in [2.24, 2.45) is 0 Å². The van der Waals surface area contributed by atoms with Crippen LogP contribution in [0.4, 0.5) is 4.79 Å². The molecule has 0 bridgehead atoms. The maximum Gasteiger partial charge on any atom is 0.407 e. The summed E-state index contributed by atoms with van der Waals surface area (Å²) in [5.74, 6) is -0.442. The summed E-state index contributed by atoms with van der Waals surface area (Å²) in [4.78, 5) is 22.6. The number of aliphatic hydroxyl groups excluding tert-OH is 1. The van der Waals surface area contributed by atoms with Crippen LogP contribution in [-0.2, 0) is 9.53 Å². The number of alkyl carbamates (subject to hydrolysis) is 1. The van der Waals surface area contributed by atoms with E-state index in [2.05, 4.69) is 15.4 Å². The summed E-state index contributed by atoms with van der Waals surface area (Å²) in [5.41, 5.74) is -0.416. The van der Waals surface area contributed by atoms with Crippen molar-refractivity contribution < 1.29 is 19.4 Å². The zero-order chi connectivity index (χ0) is 12.8. The molecule has 0 unspecified atom stereocenters. The maximum absolute atomic E-state index is 11.6. The topological polar surface area (TPSA) is 87.7 Å². The first-order valence-corrected chi connectivity index (χ1v) is 5.16. The minimum Gasteiger partial charge on any atom is -0.450 e. The maximum atomic E-state index is 11.6. The Labute approximate surface area is 95.4 Å². The summed E-state index contributed by atoms with van der Waals surface area (Å²) < 4.78 is 4.61. The van der Waals surface area contributed by atoms with E-state index in [0.29, 0.717) is 0 Å². The van der Waals surface area contributed by atoms with Gasteiger partial charge in [0.15, 0.2) is 0 Å². The molecular formula is C10H20N2O4. The van der Waals surface area contributed by atoms with Gasteiger partial charge in [-0.2, -0.15) is 0 Å². The van der Waals surface area contributed by atoms with Crippen LogP contribution in [0.15, 0.2) is 0 Å². The largest absolute Gasteiger partial charge is 0.450 e. The first-order chi connectivity index (χ1) is 7.30. The van der Waals surface area contributed by atoms with Crippen LogP contribution in [0, 0.1) is 0 Å². The van der Waals surface area contributed by atoms with Crippen LogP contribution in [-0.4, -0.2) is 41.9 Å². The summed E-state index contributed by atoms with van der Waals surface area (Å²) in [6.45, 7) is 6.82. The van der Waals surface area contributed by atoms with Crippen molar-refractivity contribution >= 4 is 12.0 Å². The Balaban J connectivity index is 4.27. The molecule has 0 aliphatic rings. The lowest BCUT2D eigenvalue weighted by molar-refractivity contribution is -0.125. The molecule has 2 amide bonds. The predicted molar refractivity (Wildman–Crippen MR) is 58.9 cm³/mol. The van der Waals surface area contributed by atoms with Gasteiger partial charge in [-0.15, -0.1) is 0 Å². The second-order valence-electron chi connectivity index (χ2n) is 4.34. The Morgan fingerprint density at radius 3 is 2.31 bits per heavy atom. The van der Waals surface area contributed by atoms with Crippen LogP contribution in [0.5, 0.6) is 0 Å². The highest BCUT2D eigenvalue weighted by molar-refractivity contribution is 5.86. The predicted octanol–water partition coefficient (Wildman–Crippen LogP) is 0.00810. The Morgan fingerprint density at radius 1 is 1.38 bits per heavy atom. The van der Waals surface area contributed by atoms with Gasteiger partial charge < -0.3 is 20.5 Å². The minimum atomic E-state index is -0.988. The molecule has 0 aromatic rings. The first-order valence-electron chi connectivity index (χ1n) is 5.16. The fraction of sp³-hybridized carbons (Fsp3) is 0.800. The molecule has 3 N–H and O–H groups in total.